The number of nitrogens with one attached hydrogen (secondary N) is 1. The fourth-order valence-electron chi connectivity index (χ4n) is 4.33. The maximum Gasteiger partial charge on any atom is 0.490 e. The topological polar surface area (TPSA) is 138 Å². The minimum Gasteiger partial charge on any atom is -0.475 e. The Balaban J connectivity index is 0.000000429. The van der Waals surface area contributed by atoms with E-state index in [0.29, 0.717) is 29.7 Å². The van der Waals surface area contributed by atoms with Crippen LogP contribution in [-0.4, -0.2) is 61.6 Å². The Hall–Kier alpha value is -3.60. The van der Waals surface area contributed by atoms with Crippen LogP contribution >= 0.6 is 0 Å². The van der Waals surface area contributed by atoms with Crippen molar-refractivity contribution in [1.29, 1.82) is 5.26 Å². The standard InChI is InChI=1S/C19H25N7O2.C2HF3O2/c1-12(2)4-7-25-15-16(23(3)19(28)26(9-6-20)17(15)27)22-18(25)24-8-5-13-10-21-11-14(13)24;3-2(4,5)1(6)7/h4,13-14,21H,5,7-11H2,1-3H3;(H,6,7). The Morgan fingerprint density at radius 2 is 1.94 bits per heavy atom. The van der Waals surface area contributed by atoms with Gasteiger partial charge in [-0.3, -0.25) is 9.36 Å². The Bertz CT molecular complexity index is 1310. The van der Waals surface area contributed by atoms with Crippen molar-refractivity contribution in [2.75, 3.05) is 24.5 Å². The van der Waals surface area contributed by atoms with Crippen molar-refractivity contribution in [2.24, 2.45) is 13.0 Å². The molecule has 4 heterocycles. The van der Waals surface area contributed by atoms with Crippen LogP contribution in [0.25, 0.3) is 11.2 Å². The number of carbonyl (C=O) groups is 1. The number of aryl methyl sites for hydroxylation is 1. The van der Waals surface area contributed by atoms with E-state index in [0.717, 1.165) is 42.1 Å². The Kier molecular flexibility index (Phi) is 7.39. The summed E-state index contributed by atoms with van der Waals surface area (Å²) < 4.78 is 36.0. The molecule has 4 rings (SSSR count). The van der Waals surface area contributed by atoms with E-state index in [1.807, 2.05) is 30.6 Å². The van der Waals surface area contributed by atoms with Gasteiger partial charge in [-0.15, -0.1) is 0 Å². The van der Waals surface area contributed by atoms with Gasteiger partial charge in [0.2, 0.25) is 5.95 Å². The average Bonchev–Trinajstić information content (AvgIpc) is 3.47. The van der Waals surface area contributed by atoms with Crippen molar-refractivity contribution < 1.29 is 23.1 Å². The van der Waals surface area contributed by atoms with Crippen LogP contribution in [0, 0.1) is 17.2 Å². The smallest absolute Gasteiger partial charge is 0.475 e. The van der Waals surface area contributed by atoms with E-state index in [9.17, 15) is 22.8 Å². The van der Waals surface area contributed by atoms with Crippen LogP contribution in [0.2, 0.25) is 0 Å². The molecule has 2 saturated heterocycles. The molecule has 0 amide bonds. The number of fused-ring (bicyclic) bond motifs is 2. The highest BCUT2D eigenvalue weighted by atomic mass is 19.4. The minimum atomic E-state index is -5.08. The Labute approximate surface area is 197 Å². The molecule has 2 unspecified atom stereocenters. The molecule has 2 N–H and O–H groups in total. The predicted octanol–water partition coefficient (Wildman–Crippen LogP) is 0.818. The molecule has 0 aliphatic carbocycles. The number of aliphatic carboxylic acids is 1. The number of carboxylic acids is 1. The molecule has 2 aliphatic heterocycles. The molecule has 2 atom stereocenters. The SMILES string of the molecule is CC(C)=CCn1c(N2CCC3CNCC32)nc2c1c(=O)n(CC#N)c(=O)n2C.O=C(O)C(F)(F)F. The van der Waals surface area contributed by atoms with Crippen LogP contribution < -0.4 is 21.5 Å². The van der Waals surface area contributed by atoms with Gasteiger partial charge in [0.1, 0.15) is 6.54 Å². The number of nitriles is 1. The maximum absolute atomic E-state index is 13.1. The highest BCUT2D eigenvalue weighted by Crippen LogP contribution is 2.32. The molecule has 2 aromatic rings. The van der Waals surface area contributed by atoms with Gasteiger partial charge >= 0.3 is 17.8 Å². The minimum absolute atomic E-state index is 0.275. The molecule has 0 spiro atoms. The van der Waals surface area contributed by atoms with Crippen LogP contribution in [0.1, 0.15) is 20.3 Å². The number of aromatic nitrogens is 4. The molecule has 0 aromatic carbocycles. The zero-order chi connectivity index (χ0) is 26.1. The van der Waals surface area contributed by atoms with E-state index < -0.39 is 23.4 Å². The Morgan fingerprint density at radius 1 is 1.29 bits per heavy atom. The van der Waals surface area contributed by atoms with Crippen molar-refractivity contribution in [3.05, 3.63) is 32.5 Å². The van der Waals surface area contributed by atoms with E-state index in [4.69, 9.17) is 20.1 Å². The molecule has 2 aliphatic rings. The van der Waals surface area contributed by atoms with E-state index >= 15 is 0 Å². The molecule has 14 heteroatoms. The van der Waals surface area contributed by atoms with Crippen LogP contribution in [0.4, 0.5) is 19.1 Å². The predicted molar refractivity (Wildman–Crippen MR) is 120 cm³/mol. The first-order valence-electron chi connectivity index (χ1n) is 10.9. The summed E-state index contributed by atoms with van der Waals surface area (Å²) >= 11 is 0. The zero-order valence-corrected chi connectivity index (χ0v) is 19.5. The number of imidazole rings is 1. The lowest BCUT2D eigenvalue weighted by Crippen LogP contribution is -2.39. The summed E-state index contributed by atoms with van der Waals surface area (Å²) in [5, 5.41) is 19.6. The Morgan fingerprint density at radius 3 is 2.51 bits per heavy atom. The summed E-state index contributed by atoms with van der Waals surface area (Å²) in [6.07, 6.45) is -1.95. The average molecular weight is 497 g/mol. The number of anilines is 1. The van der Waals surface area contributed by atoms with Crippen molar-refractivity contribution in [3.63, 3.8) is 0 Å². The zero-order valence-electron chi connectivity index (χ0n) is 19.5. The molecular weight excluding hydrogens is 471 g/mol. The summed E-state index contributed by atoms with van der Waals surface area (Å²) in [6.45, 7) is 7.02. The van der Waals surface area contributed by atoms with Crippen molar-refractivity contribution in [3.8, 4) is 6.07 Å². The molecule has 11 nitrogen and oxygen atoms in total. The maximum atomic E-state index is 13.1. The van der Waals surface area contributed by atoms with Crippen molar-refractivity contribution in [1.82, 2.24) is 24.0 Å². The number of halogens is 3. The number of alkyl halides is 3. The van der Waals surface area contributed by atoms with E-state index in [-0.39, 0.29) is 6.54 Å². The number of carboxylic acid groups (broad SMARTS) is 1. The molecule has 0 saturated carbocycles. The van der Waals surface area contributed by atoms with Crippen LogP contribution in [0.3, 0.4) is 0 Å². The lowest BCUT2D eigenvalue weighted by molar-refractivity contribution is -0.192. The van der Waals surface area contributed by atoms with E-state index in [1.54, 1.807) is 7.05 Å². The highest BCUT2D eigenvalue weighted by Gasteiger charge is 2.40. The van der Waals surface area contributed by atoms with Gasteiger partial charge in [0.15, 0.2) is 11.2 Å². The summed E-state index contributed by atoms with van der Waals surface area (Å²) in [6, 6.07) is 2.26. The second-order valence-electron chi connectivity index (χ2n) is 8.64. The molecule has 0 bridgehead atoms. The summed E-state index contributed by atoms with van der Waals surface area (Å²) in [4.78, 5) is 41.6. The third-order valence-electron chi connectivity index (χ3n) is 6.07. The number of rotatable bonds is 4. The van der Waals surface area contributed by atoms with Gasteiger partial charge in [0.05, 0.1) is 6.07 Å². The second-order valence-corrected chi connectivity index (χ2v) is 8.64. The van der Waals surface area contributed by atoms with Crippen molar-refractivity contribution in [2.45, 2.75) is 45.6 Å². The fraction of sp³-hybridized carbons (Fsp3) is 0.571. The molecule has 0 radical (unpaired) electrons. The summed E-state index contributed by atoms with van der Waals surface area (Å²) in [5.41, 5.74) is 0.909. The van der Waals surface area contributed by atoms with E-state index in [2.05, 4.69) is 10.2 Å². The normalized spacial score (nSPS) is 19.2. The first-order valence-corrected chi connectivity index (χ1v) is 10.9. The molecule has 35 heavy (non-hydrogen) atoms. The summed E-state index contributed by atoms with van der Waals surface area (Å²) in [7, 11) is 1.60. The van der Waals surface area contributed by atoms with Gasteiger partial charge in [-0.1, -0.05) is 11.6 Å². The van der Waals surface area contributed by atoms with E-state index in [1.165, 1.54) is 4.57 Å². The quantitative estimate of drug-likeness (QED) is 0.592. The van der Waals surface area contributed by atoms with Crippen LogP contribution in [0.5, 0.6) is 0 Å². The molecule has 2 fully saturated rings. The first-order chi connectivity index (χ1) is 16.4. The van der Waals surface area contributed by atoms with Gasteiger partial charge in [0.25, 0.3) is 5.56 Å². The monoisotopic (exact) mass is 497 g/mol. The van der Waals surface area contributed by atoms with Gasteiger partial charge in [-0.05, 0) is 26.2 Å². The van der Waals surface area contributed by atoms with Gasteiger partial charge < -0.3 is 19.9 Å². The lowest BCUT2D eigenvalue weighted by atomic mass is 10.1. The fourth-order valence-corrected chi connectivity index (χ4v) is 4.33. The largest absolute Gasteiger partial charge is 0.490 e. The number of nitrogens with zero attached hydrogens (tertiary/aromatic N) is 6. The van der Waals surface area contributed by atoms with Gasteiger partial charge in [-0.2, -0.15) is 23.4 Å². The van der Waals surface area contributed by atoms with Crippen molar-refractivity contribution >= 4 is 23.1 Å². The number of allylic oxidation sites excluding steroid dienone is 2. The second kappa shape index (κ2) is 9.95. The molecular formula is C21H26F3N7O4. The van der Waals surface area contributed by atoms with Gasteiger partial charge in [-0.25, -0.2) is 14.2 Å². The third-order valence-corrected chi connectivity index (χ3v) is 6.07. The summed E-state index contributed by atoms with van der Waals surface area (Å²) in [5.74, 6) is -1.45. The third kappa shape index (κ3) is 5.09. The lowest BCUT2D eigenvalue weighted by Gasteiger charge is -2.25. The van der Waals surface area contributed by atoms with Crippen LogP contribution in [0.15, 0.2) is 21.2 Å². The highest BCUT2D eigenvalue weighted by molar-refractivity contribution is 5.75. The number of hydrogen-bond acceptors (Lipinski definition) is 7. The molecule has 190 valence electrons. The first kappa shape index (κ1) is 26.0. The number of hydrogen-bond donors (Lipinski definition) is 2. The van der Waals surface area contributed by atoms with Crippen LogP contribution in [-0.2, 0) is 24.9 Å². The van der Waals surface area contributed by atoms with Gasteiger partial charge in [0, 0.05) is 39.3 Å². The molecule has 2 aromatic heterocycles.